The van der Waals surface area contributed by atoms with Gasteiger partial charge in [-0.1, -0.05) is 49.4 Å². The van der Waals surface area contributed by atoms with Crippen LogP contribution in [0.1, 0.15) is 56.7 Å². The Morgan fingerprint density at radius 3 is 2.14 bits per heavy atom. The lowest BCUT2D eigenvalue weighted by Crippen LogP contribution is -2.49. The van der Waals surface area contributed by atoms with Gasteiger partial charge in [0.25, 0.3) is 0 Å². The summed E-state index contributed by atoms with van der Waals surface area (Å²) in [4.78, 5) is 27.8. The molecular weight excluding hydrogens is 462 g/mol. The van der Waals surface area contributed by atoms with Crippen LogP contribution >= 0.6 is 0 Å². The molecule has 8 heteroatoms. The van der Waals surface area contributed by atoms with Gasteiger partial charge in [-0.05, 0) is 63.3 Å². The third kappa shape index (κ3) is 8.09. The molecule has 2 atom stereocenters. The Kier molecular flexibility index (Phi) is 10.3. The summed E-state index contributed by atoms with van der Waals surface area (Å²) in [6, 6.07) is 14.4. The number of carbonyl (C=O) groups excluding carboxylic acids is 2. The standard InChI is InChI=1S/C27H39N3O4S/c1-7-22(4)28-27(32)23(5)29(19-24-15-10-8-13-20(24)2)26(31)17-12-18-30(35(6,33)34)25-16-11-9-14-21(25)3/h8-11,13-16,22-23H,7,12,17-19H2,1-6H3,(H,28,32)/t22-,23+/m0/s1. The predicted octanol–water partition coefficient (Wildman–Crippen LogP) is 4.18. The second-order valence-corrected chi connectivity index (χ2v) is 11.1. The van der Waals surface area contributed by atoms with Crippen LogP contribution in [0.15, 0.2) is 48.5 Å². The van der Waals surface area contributed by atoms with Crippen molar-refractivity contribution in [2.45, 2.75) is 72.5 Å². The van der Waals surface area contributed by atoms with Gasteiger partial charge in [-0.2, -0.15) is 0 Å². The normalized spacial score (nSPS) is 13.1. The fraction of sp³-hybridized carbons (Fsp3) is 0.481. The minimum absolute atomic E-state index is 0.0118. The van der Waals surface area contributed by atoms with Gasteiger partial charge in [0.05, 0.1) is 11.9 Å². The molecule has 2 aromatic carbocycles. The SMILES string of the molecule is CC[C@H](C)NC(=O)[C@@H](C)N(Cc1ccccc1C)C(=O)CCCN(c1ccccc1C)S(C)(=O)=O. The smallest absolute Gasteiger partial charge is 0.242 e. The van der Waals surface area contributed by atoms with E-state index in [-0.39, 0.29) is 30.8 Å². The highest BCUT2D eigenvalue weighted by Gasteiger charge is 2.27. The first-order valence-electron chi connectivity index (χ1n) is 12.1. The molecule has 7 nitrogen and oxygen atoms in total. The molecule has 0 aliphatic rings. The molecule has 0 spiro atoms. The average Bonchev–Trinajstić information content (AvgIpc) is 2.80. The lowest BCUT2D eigenvalue weighted by atomic mass is 10.1. The minimum Gasteiger partial charge on any atom is -0.352 e. The van der Waals surface area contributed by atoms with E-state index < -0.39 is 16.1 Å². The van der Waals surface area contributed by atoms with Gasteiger partial charge in [0.1, 0.15) is 6.04 Å². The fourth-order valence-electron chi connectivity index (χ4n) is 3.84. The summed E-state index contributed by atoms with van der Waals surface area (Å²) in [7, 11) is -3.51. The number of amides is 2. The molecule has 0 bridgehead atoms. The molecule has 0 unspecified atom stereocenters. The van der Waals surface area contributed by atoms with E-state index >= 15 is 0 Å². The van der Waals surface area contributed by atoms with Crippen molar-refractivity contribution in [2.75, 3.05) is 17.1 Å². The van der Waals surface area contributed by atoms with E-state index in [4.69, 9.17) is 0 Å². The molecule has 0 fully saturated rings. The van der Waals surface area contributed by atoms with E-state index in [0.717, 1.165) is 23.1 Å². The van der Waals surface area contributed by atoms with Crippen molar-refractivity contribution in [3.8, 4) is 0 Å². The van der Waals surface area contributed by atoms with Gasteiger partial charge in [-0.25, -0.2) is 8.42 Å². The second-order valence-electron chi connectivity index (χ2n) is 9.17. The number of sulfonamides is 1. The van der Waals surface area contributed by atoms with Crippen LogP contribution in [0, 0.1) is 13.8 Å². The number of nitrogens with one attached hydrogen (secondary N) is 1. The highest BCUT2D eigenvalue weighted by Crippen LogP contribution is 2.23. The quantitative estimate of drug-likeness (QED) is 0.473. The number of hydrogen-bond donors (Lipinski definition) is 1. The summed E-state index contributed by atoms with van der Waals surface area (Å²) in [5.41, 5.74) is 3.48. The number of carbonyl (C=O) groups is 2. The number of hydrogen-bond acceptors (Lipinski definition) is 4. The average molecular weight is 502 g/mol. The predicted molar refractivity (Wildman–Crippen MR) is 142 cm³/mol. The summed E-state index contributed by atoms with van der Waals surface area (Å²) in [6.45, 7) is 10.0. The lowest BCUT2D eigenvalue weighted by molar-refractivity contribution is -0.140. The summed E-state index contributed by atoms with van der Waals surface area (Å²) in [5.74, 6) is -0.378. The minimum atomic E-state index is -3.51. The summed E-state index contributed by atoms with van der Waals surface area (Å²) in [5, 5.41) is 2.97. The highest BCUT2D eigenvalue weighted by molar-refractivity contribution is 7.92. The summed E-state index contributed by atoms with van der Waals surface area (Å²) >= 11 is 0. The maximum atomic E-state index is 13.4. The number of para-hydroxylation sites is 1. The van der Waals surface area contributed by atoms with E-state index in [1.54, 1.807) is 24.0 Å². The lowest BCUT2D eigenvalue weighted by Gasteiger charge is -2.30. The van der Waals surface area contributed by atoms with Gasteiger partial charge >= 0.3 is 0 Å². The van der Waals surface area contributed by atoms with Crippen molar-refractivity contribution >= 4 is 27.5 Å². The number of nitrogens with zero attached hydrogens (tertiary/aromatic N) is 2. The van der Waals surface area contributed by atoms with E-state index in [1.807, 2.05) is 64.1 Å². The maximum absolute atomic E-state index is 13.4. The molecule has 0 heterocycles. The Balaban J connectivity index is 2.20. The molecule has 192 valence electrons. The van der Waals surface area contributed by atoms with Gasteiger partial charge in [0.2, 0.25) is 21.8 Å². The molecule has 2 aromatic rings. The van der Waals surface area contributed by atoms with Crippen LogP contribution < -0.4 is 9.62 Å². The van der Waals surface area contributed by atoms with Crippen molar-refractivity contribution < 1.29 is 18.0 Å². The number of rotatable bonds is 12. The van der Waals surface area contributed by atoms with Crippen LogP contribution in [0.3, 0.4) is 0 Å². The van der Waals surface area contributed by atoms with Crippen LogP contribution in [0.25, 0.3) is 0 Å². The molecule has 0 saturated carbocycles. The second kappa shape index (κ2) is 12.7. The van der Waals surface area contributed by atoms with E-state index in [1.165, 1.54) is 10.6 Å². The van der Waals surface area contributed by atoms with Gasteiger partial charge < -0.3 is 10.2 Å². The van der Waals surface area contributed by atoms with E-state index in [0.29, 0.717) is 18.7 Å². The zero-order valence-corrected chi connectivity index (χ0v) is 22.6. The molecule has 0 aliphatic heterocycles. The topological polar surface area (TPSA) is 86.8 Å². The molecule has 0 saturated heterocycles. The van der Waals surface area contributed by atoms with Gasteiger partial charge in [-0.3, -0.25) is 13.9 Å². The van der Waals surface area contributed by atoms with Gasteiger partial charge in [-0.15, -0.1) is 0 Å². The molecule has 0 aromatic heterocycles. The van der Waals surface area contributed by atoms with Crippen LogP contribution in [-0.4, -0.2) is 50.0 Å². The Morgan fingerprint density at radius 1 is 0.971 bits per heavy atom. The van der Waals surface area contributed by atoms with Crippen LogP contribution in [0.4, 0.5) is 5.69 Å². The van der Waals surface area contributed by atoms with Crippen LogP contribution in [-0.2, 0) is 26.2 Å². The monoisotopic (exact) mass is 501 g/mol. The molecule has 2 amide bonds. The summed E-state index contributed by atoms with van der Waals surface area (Å²) in [6.07, 6.45) is 2.44. The Morgan fingerprint density at radius 2 is 1.57 bits per heavy atom. The molecule has 1 N–H and O–H groups in total. The van der Waals surface area contributed by atoms with Crippen molar-refractivity contribution in [3.05, 3.63) is 65.2 Å². The first-order valence-corrected chi connectivity index (χ1v) is 14.0. The molecule has 0 radical (unpaired) electrons. The highest BCUT2D eigenvalue weighted by atomic mass is 32.2. The number of benzene rings is 2. The Labute approximate surface area is 210 Å². The Bertz CT molecular complexity index is 1120. The molecule has 35 heavy (non-hydrogen) atoms. The number of aryl methyl sites for hydroxylation is 2. The third-order valence-electron chi connectivity index (χ3n) is 6.31. The van der Waals surface area contributed by atoms with Crippen molar-refractivity contribution in [2.24, 2.45) is 0 Å². The molecule has 2 rings (SSSR count). The van der Waals surface area contributed by atoms with Crippen molar-refractivity contribution in [1.29, 1.82) is 0 Å². The largest absolute Gasteiger partial charge is 0.352 e. The first kappa shape index (κ1) is 28.4. The first-order chi connectivity index (χ1) is 16.5. The van der Waals surface area contributed by atoms with Crippen molar-refractivity contribution in [1.82, 2.24) is 10.2 Å². The third-order valence-corrected chi connectivity index (χ3v) is 7.49. The summed E-state index contributed by atoms with van der Waals surface area (Å²) < 4.78 is 26.3. The van der Waals surface area contributed by atoms with Crippen LogP contribution in [0.2, 0.25) is 0 Å². The van der Waals surface area contributed by atoms with E-state index in [9.17, 15) is 18.0 Å². The fourth-order valence-corrected chi connectivity index (χ4v) is 4.87. The van der Waals surface area contributed by atoms with Crippen molar-refractivity contribution in [3.63, 3.8) is 0 Å². The van der Waals surface area contributed by atoms with Crippen LogP contribution in [0.5, 0.6) is 0 Å². The Hall–Kier alpha value is -2.87. The molecular formula is C27H39N3O4S. The van der Waals surface area contributed by atoms with E-state index in [2.05, 4.69) is 5.32 Å². The number of anilines is 1. The molecule has 0 aliphatic carbocycles. The zero-order chi connectivity index (χ0) is 26.2. The van der Waals surface area contributed by atoms with Gasteiger partial charge in [0, 0.05) is 25.6 Å². The maximum Gasteiger partial charge on any atom is 0.242 e. The zero-order valence-electron chi connectivity index (χ0n) is 21.7. The van der Waals surface area contributed by atoms with Gasteiger partial charge in [0.15, 0.2) is 0 Å².